The minimum Gasteiger partial charge on any atom is -0.370 e. The summed E-state index contributed by atoms with van der Waals surface area (Å²) >= 11 is 0. The fourth-order valence-electron chi connectivity index (χ4n) is 1.46. The fraction of sp³-hybridized carbons (Fsp3) is 0.364. The van der Waals surface area contributed by atoms with Gasteiger partial charge in [-0.1, -0.05) is 19.1 Å². The zero-order chi connectivity index (χ0) is 12.3. The summed E-state index contributed by atoms with van der Waals surface area (Å²) < 4.78 is 22.4. The Hall–Kier alpha value is -1.36. The third-order valence-corrected chi connectivity index (χ3v) is 3.51. The summed E-state index contributed by atoms with van der Waals surface area (Å²) in [5, 5.41) is 0. The fourth-order valence-corrected chi connectivity index (χ4v) is 2.09. The second kappa shape index (κ2) is 4.65. The summed E-state index contributed by atoms with van der Waals surface area (Å²) in [6.07, 6.45) is 1.42. The molecule has 0 saturated heterocycles. The van der Waals surface area contributed by atoms with Gasteiger partial charge in [0.25, 0.3) is 0 Å². The lowest BCUT2D eigenvalue weighted by molar-refractivity contribution is -0.118. The second-order valence-electron chi connectivity index (χ2n) is 3.91. The maximum absolute atomic E-state index is 11.2. The first-order chi connectivity index (χ1) is 7.30. The standard InChI is InChI=1S/C11H15NO3S/c1-8(7-11(12)13)9-3-5-10(6-4-9)16(2,14)15/h3-6,8H,7H2,1-2H3,(H2,12,13). The molecule has 1 atom stereocenters. The second-order valence-corrected chi connectivity index (χ2v) is 5.93. The number of hydrogen-bond donors (Lipinski definition) is 1. The van der Waals surface area contributed by atoms with Gasteiger partial charge in [0, 0.05) is 12.7 Å². The van der Waals surface area contributed by atoms with Crippen LogP contribution in [0.1, 0.15) is 24.8 Å². The van der Waals surface area contributed by atoms with Crippen LogP contribution in [-0.2, 0) is 14.6 Å². The number of carbonyl (C=O) groups excluding carboxylic acids is 1. The predicted octanol–water partition coefficient (Wildman–Crippen LogP) is 1.07. The number of hydrogen-bond acceptors (Lipinski definition) is 3. The van der Waals surface area contributed by atoms with E-state index in [9.17, 15) is 13.2 Å². The summed E-state index contributed by atoms with van der Waals surface area (Å²) in [7, 11) is -3.16. The highest BCUT2D eigenvalue weighted by molar-refractivity contribution is 7.90. The monoisotopic (exact) mass is 241 g/mol. The summed E-state index contributed by atoms with van der Waals surface area (Å²) in [5.74, 6) is -0.356. The molecule has 1 unspecified atom stereocenters. The van der Waals surface area contributed by atoms with E-state index < -0.39 is 9.84 Å². The average Bonchev–Trinajstić information content (AvgIpc) is 2.15. The Bertz CT molecular complexity index is 476. The van der Waals surface area contributed by atoms with Crippen LogP contribution in [0.3, 0.4) is 0 Å². The minimum absolute atomic E-state index is 0.00566. The Kier molecular flexibility index (Phi) is 3.70. The molecule has 0 saturated carbocycles. The molecular formula is C11H15NO3S. The number of nitrogens with two attached hydrogens (primary N) is 1. The number of benzene rings is 1. The zero-order valence-corrected chi connectivity index (χ0v) is 10.1. The molecule has 5 heteroatoms. The smallest absolute Gasteiger partial charge is 0.218 e. The van der Waals surface area contributed by atoms with E-state index in [4.69, 9.17) is 5.73 Å². The molecule has 4 nitrogen and oxygen atoms in total. The molecule has 0 heterocycles. The topological polar surface area (TPSA) is 77.2 Å². The number of primary amides is 1. The molecule has 0 aromatic heterocycles. The van der Waals surface area contributed by atoms with Gasteiger partial charge in [-0.15, -0.1) is 0 Å². The molecule has 2 N–H and O–H groups in total. The molecule has 1 aromatic rings. The van der Waals surface area contributed by atoms with Crippen molar-refractivity contribution in [3.8, 4) is 0 Å². The number of amides is 1. The van der Waals surface area contributed by atoms with Crippen molar-refractivity contribution in [2.75, 3.05) is 6.26 Å². The summed E-state index contributed by atoms with van der Waals surface area (Å²) in [6.45, 7) is 1.88. The van der Waals surface area contributed by atoms with Gasteiger partial charge in [-0.05, 0) is 23.6 Å². The van der Waals surface area contributed by atoms with E-state index in [0.29, 0.717) is 0 Å². The van der Waals surface area contributed by atoms with Gasteiger partial charge >= 0.3 is 0 Å². The minimum atomic E-state index is -3.16. The van der Waals surface area contributed by atoms with Crippen LogP contribution in [0.25, 0.3) is 0 Å². The van der Waals surface area contributed by atoms with Crippen molar-refractivity contribution in [1.82, 2.24) is 0 Å². The van der Waals surface area contributed by atoms with Gasteiger partial charge < -0.3 is 5.73 Å². The third-order valence-electron chi connectivity index (χ3n) is 2.38. The SMILES string of the molecule is CC(CC(N)=O)c1ccc(S(C)(=O)=O)cc1. The predicted molar refractivity (Wildman–Crippen MR) is 61.8 cm³/mol. The molecule has 16 heavy (non-hydrogen) atoms. The van der Waals surface area contributed by atoms with Gasteiger partial charge in [0.05, 0.1) is 4.90 Å². The van der Waals surface area contributed by atoms with E-state index in [1.54, 1.807) is 24.3 Å². The van der Waals surface area contributed by atoms with Gasteiger partial charge in [-0.25, -0.2) is 8.42 Å². The molecule has 0 aliphatic rings. The van der Waals surface area contributed by atoms with Gasteiger partial charge in [0.15, 0.2) is 9.84 Å². The lowest BCUT2D eigenvalue weighted by Gasteiger charge is -2.09. The molecule has 1 aromatic carbocycles. The number of rotatable bonds is 4. The van der Waals surface area contributed by atoms with Crippen LogP contribution in [-0.4, -0.2) is 20.6 Å². The van der Waals surface area contributed by atoms with Crippen LogP contribution < -0.4 is 5.73 Å². The Labute approximate surface area is 95.4 Å². The quantitative estimate of drug-likeness (QED) is 0.856. The Morgan fingerprint density at radius 1 is 1.31 bits per heavy atom. The molecule has 88 valence electrons. The van der Waals surface area contributed by atoms with Crippen LogP contribution in [0.15, 0.2) is 29.2 Å². The van der Waals surface area contributed by atoms with Crippen LogP contribution in [0, 0.1) is 0 Å². The van der Waals surface area contributed by atoms with Crippen molar-refractivity contribution in [1.29, 1.82) is 0 Å². The van der Waals surface area contributed by atoms with Crippen LogP contribution >= 0.6 is 0 Å². The highest BCUT2D eigenvalue weighted by atomic mass is 32.2. The summed E-state index contributed by atoms with van der Waals surface area (Å²) in [6, 6.07) is 6.51. The van der Waals surface area contributed by atoms with Gasteiger partial charge in [-0.3, -0.25) is 4.79 Å². The third kappa shape index (κ3) is 3.34. The highest BCUT2D eigenvalue weighted by Crippen LogP contribution is 2.20. The van der Waals surface area contributed by atoms with Crippen LogP contribution in [0.4, 0.5) is 0 Å². The van der Waals surface area contributed by atoms with Crippen molar-refractivity contribution in [3.05, 3.63) is 29.8 Å². The first-order valence-electron chi connectivity index (χ1n) is 4.89. The molecule has 0 aliphatic carbocycles. The van der Waals surface area contributed by atoms with Crippen LogP contribution in [0.2, 0.25) is 0 Å². The lowest BCUT2D eigenvalue weighted by atomic mass is 9.98. The van der Waals surface area contributed by atoms with Crippen LogP contribution in [0.5, 0.6) is 0 Å². The Morgan fingerprint density at radius 2 is 1.81 bits per heavy atom. The molecule has 0 aliphatic heterocycles. The zero-order valence-electron chi connectivity index (χ0n) is 9.30. The Balaban J connectivity index is 2.91. The van der Waals surface area contributed by atoms with Gasteiger partial charge in [0.1, 0.15) is 0 Å². The number of sulfone groups is 1. The van der Waals surface area contributed by atoms with Crippen molar-refractivity contribution in [3.63, 3.8) is 0 Å². The van der Waals surface area contributed by atoms with E-state index in [2.05, 4.69) is 0 Å². The van der Waals surface area contributed by atoms with Gasteiger partial charge in [-0.2, -0.15) is 0 Å². The van der Waals surface area contributed by atoms with Crippen molar-refractivity contribution < 1.29 is 13.2 Å². The molecule has 0 bridgehead atoms. The molecular weight excluding hydrogens is 226 g/mol. The van der Waals surface area contributed by atoms with E-state index in [0.717, 1.165) is 11.8 Å². The summed E-state index contributed by atoms with van der Waals surface area (Å²) in [4.78, 5) is 11.0. The Morgan fingerprint density at radius 3 is 2.19 bits per heavy atom. The highest BCUT2D eigenvalue weighted by Gasteiger charge is 2.11. The van der Waals surface area contributed by atoms with E-state index in [1.807, 2.05) is 6.92 Å². The average molecular weight is 241 g/mol. The molecule has 0 fully saturated rings. The van der Waals surface area contributed by atoms with Crippen molar-refractivity contribution in [2.24, 2.45) is 5.73 Å². The van der Waals surface area contributed by atoms with E-state index >= 15 is 0 Å². The van der Waals surface area contributed by atoms with Crippen molar-refractivity contribution in [2.45, 2.75) is 24.2 Å². The first-order valence-corrected chi connectivity index (χ1v) is 6.78. The largest absolute Gasteiger partial charge is 0.370 e. The molecule has 1 amide bonds. The molecule has 0 radical (unpaired) electrons. The van der Waals surface area contributed by atoms with Gasteiger partial charge in [0.2, 0.25) is 5.91 Å². The maximum atomic E-state index is 11.2. The summed E-state index contributed by atoms with van der Waals surface area (Å²) in [5.41, 5.74) is 6.00. The molecule has 1 rings (SSSR count). The maximum Gasteiger partial charge on any atom is 0.218 e. The van der Waals surface area contributed by atoms with E-state index in [1.165, 1.54) is 0 Å². The first kappa shape index (κ1) is 12.7. The normalized spacial score (nSPS) is 13.4. The van der Waals surface area contributed by atoms with E-state index in [-0.39, 0.29) is 23.1 Å². The lowest BCUT2D eigenvalue weighted by Crippen LogP contribution is -2.13. The molecule has 0 spiro atoms. The van der Waals surface area contributed by atoms with Crippen molar-refractivity contribution >= 4 is 15.7 Å². The number of carbonyl (C=O) groups is 1.